The predicted octanol–water partition coefficient (Wildman–Crippen LogP) is 5.22. The average molecular weight is 273 g/mol. The summed E-state index contributed by atoms with van der Waals surface area (Å²) in [6, 6.07) is 9.91. The molecule has 0 amide bonds. The van der Waals surface area contributed by atoms with Crippen LogP contribution in [0.5, 0.6) is 0 Å². The maximum Gasteiger partial charge on any atom is 0.0346 e. The first-order valence-corrected chi connectivity index (χ1v) is 8.36. The van der Waals surface area contributed by atoms with Gasteiger partial charge in [-0.3, -0.25) is 0 Å². The van der Waals surface area contributed by atoms with Crippen molar-refractivity contribution in [2.24, 2.45) is 5.92 Å². The Morgan fingerprint density at radius 3 is 2.20 bits per heavy atom. The van der Waals surface area contributed by atoms with E-state index in [1.807, 2.05) is 0 Å². The molecule has 1 N–H and O–H groups in total. The van der Waals surface area contributed by atoms with Crippen LogP contribution in [0.4, 0.5) is 0 Å². The molecule has 0 heterocycles. The number of hydrogen-bond donors (Lipinski definition) is 1. The van der Waals surface area contributed by atoms with Gasteiger partial charge in [0.1, 0.15) is 0 Å². The molecule has 2 rings (SSSR count). The molecule has 20 heavy (non-hydrogen) atoms. The molecule has 1 unspecified atom stereocenters. The average Bonchev–Trinajstić information content (AvgIpc) is 2.50. The Morgan fingerprint density at radius 1 is 1.10 bits per heavy atom. The molecular weight excluding hydrogens is 242 g/mol. The van der Waals surface area contributed by atoms with Gasteiger partial charge in [0.2, 0.25) is 0 Å². The number of hydrogen-bond acceptors (Lipinski definition) is 1. The minimum absolute atomic E-state index is 0.290. The van der Waals surface area contributed by atoms with Gasteiger partial charge in [0.25, 0.3) is 0 Å². The minimum Gasteiger partial charge on any atom is -0.313 e. The Kier molecular flexibility index (Phi) is 5.26. The summed E-state index contributed by atoms with van der Waals surface area (Å²) in [6.45, 7) is 6.93. The van der Waals surface area contributed by atoms with E-state index in [0.717, 1.165) is 5.92 Å². The lowest BCUT2D eigenvalue weighted by Gasteiger charge is -2.31. The third-order valence-electron chi connectivity index (χ3n) is 5.37. The highest BCUT2D eigenvalue weighted by molar-refractivity contribution is 5.30. The molecule has 1 aromatic rings. The highest BCUT2D eigenvalue weighted by Gasteiger charge is 2.24. The summed E-state index contributed by atoms with van der Waals surface area (Å²) in [5.74, 6) is 0.818. The lowest BCUT2D eigenvalue weighted by Crippen LogP contribution is -2.27. The molecule has 1 aliphatic carbocycles. The molecule has 1 saturated carbocycles. The van der Waals surface area contributed by atoms with Gasteiger partial charge in [-0.1, -0.05) is 64.3 Å². The fourth-order valence-corrected chi connectivity index (χ4v) is 3.49. The molecule has 0 radical (unpaired) electrons. The van der Waals surface area contributed by atoms with E-state index >= 15 is 0 Å². The molecule has 1 aromatic carbocycles. The van der Waals surface area contributed by atoms with Gasteiger partial charge in [0.05, 0.1) is 0 Å². The third kappa shape index (κ3) is 3.44. The van der Waals surface area contributed by atoms with Gasteiger partial charge in [0, 0.05) is 6.04 Å². The van der Waals surface area contributed by atoms with Crippen LogP contribution in [0.25, 0.3) is 0 Å². The highest BCUT2D eigenvalue weighted by Crippen LogP contribution is 2.35. The zero-order valence-corrected chi connectivity index (χ0v) is 13.7. The first-order chi connectivity index (χ1) is 9.58. The lowest BCUT2D eigenvalue weighted by molar-refractivity contribution is 0.281. The number of rotatable bonds is 5. The van der Waals surface area contributed by atoms with Crippen molar-refractivity contribution in [1.29, 1.82) is 0 Å². The van der Waals surface area contributed by atoms with Gasteiger partial charge < -0.3 is 5.32 Å². The van der Waals surface area contributed by atoms with Crippen LogP contribution in [0.2, 0.25) is 0 Å². The van der Waals surface area contributed by atoms with Crippen LogP contribution < -0.4 is 5.32 Å². The summed E-state index contributed by atoms with van der Waals surface area (Å²) in [5, 5.41) is 3.56. The summed E-state index contributed by atoms with van der Waals surface area (Å²) in [5.41, 5.74) is 3.22. The van der Waals surface area contributed by atoms with E-state index < -0.39 is 0 Å². The molecule has 0 saturated heterocycles. The third-order valence-corrected chi connectivity index (χ3v) is 5.37. The summed E-state index contributed by atoms with van der Waals surface area (Å²) in [7, 11) is 2.11. The molecule has 0 aromatic heterocycles. The lowest BCUT2D eigenvalue weighted by atomic mass is 9.79. The van der Waals surface area contributed by atoms with Crippen molar-refractivity contribution in [2.75, 3.05) is 7.05 Å². The molecule has 0 aliphatic heterocycles. The summed E-state index contributed by atoms with van der Waals surface area (Å²) < 4.78 is 0. The predicted molar refractivity (Wildman–Crippen MR) is 88.1 cm³/mol. The van der Waals surface area contributed by atoms with E-state index in [-0.39, 0.29) is 0 Å². The standard InChI is InChI=1S/C19H31N/c1-5-19(2,3)17-13-11-16(12-14-17)18(20-4)15-9-7-6-8-10-15/h11-15,18,20H,5-10H2,1-4H3. The van der Waals surface area contributed by atoms with Gasteiger partial charge >= 0.3 is 0 Å². The molecule has 112 valence electrons. The van der Waals surface area contributed by atoms with E-state index in [1.54, 1.807) is 0 Å². The number of nitrogens with one attached hydrogen (secondary N) is 1. The van der Waals surface area contributed by atoms with Gasteiger partial charge in [-0.2, -0.15) is 0 Å². The van der Waals surface area contributed by atoms with Crippen LogP contribution in [0.1, 0.15) is 76.5 Å². The fraction of sp³-hybridized carbons (Fsp3) is 0.684. The second kappa shape index (κ2) is 6.76. The second-order valence-electron chi connectivity index (χ2n) is 7.02. The van der Waals surface area contributed by atoms with Crippen molar-refractivity contribution in [3.05, 3.63) is 35.4 Å². The molecule has 1 heteroatoms. The Labute approximate surface area is 125 Å². The Bertz CT molecular complexity index is 398. The van der Waals surface area contributed by atoms with Crippen molar-refractivity contribution in [3.8, 4) is 0 Å². The summed E-state index contributed by atoms with van der Waals surface area (Å²) in [4.78, 5) is 0. The van der Waals surface area contributed by atoms with Crippen molar-refractivity contribution >= 4 is 0 Å². The van der Waals surface area contributed by atoms with Gasteiger partial charge in [-0.15, -0.1) is 0 Å². The van der Waals surface area contributed by atoms with Crippen LogP contribution in [-0.2, 0) is 5.41 Å². The van der Waals surface area contributed by atoms with E-state index in [2.05, 4.69) is 57.4 Å². The van der Waals surface area contributed by atoms with Crippen LogP contribution >= 0.6 is 0 Å². The second-order valence-corrected chi connectivity index (χ2v) is 7.02. The molecule has 1 atom stereocenters. The van der Waals surface area contributed by atoms with E-state index in [4.69, 9.17) is 0 Å². The topological polar surface area (TPSA) is 12.0 Å². The zero-order chi connectivity index (χ0) is 14.6. The van der Waals surface area contributed by atoms with Gasteiger partial charge in [0.15, 0.2) is 0 Å². The summed E-state index contributed by atoms with van der Waals surface area (Å²) in [6.07, 6.45) is 8.19. The minimum atomic E-state index is 0.290. The first-order valence-electron chi connectivity index (χ1n) is 8.36. The van der Waals surface area contributed by atoms with Crippen molar-refractivity contribution in [2.45, 2.75) is 70.8 Å². The Morgan fingerprint density at radius 2 is 1.70 bits per heavy atom. The van der Waals surface area contributed by atoms with Crippen LogP contribution in [0.3, 0.4) is 0 Å². The van der Waals surface area contributed by atoms with Gasteiger partial charge in [-0.25, -0.2) is 0 Å². The first kappa shape index (κ1) is 15.6. The van der Waals surface area contributed by atoms with E-state index in [0.29, 0.717) is 11.5 Å². The zero-order valence-electron chi connectivity index (χ0n) is 13.7. The van der Waals surface area contributed by atoms with Crippen molar-refractivity contribution in [1.82, 2.24) is 5.32 Å². The summed E-state index contributed by atoms with van der Waals surface area (Å²) >= 11 is 0. The monoisotopic (exact) mass is 273 g/mol. The Balaban J connectivity index is 2.14. The van der Waals surface area contributed by atoms with Crippen LogP contribution in [0.15, 0.2) is 24.3 Å². The van der Waals surface area contributed by atoms with E-state index in [9.17, 15) is 0 Å². The SMILES string of the molecule is CCC(C)(C)c1ccc(C(NC)C2CCCCC2)cc1. The molecule has 1 aliphatic rings. The molecule has 1 nitrogen and oxygen atoms in total. The quantitative estimate of drug-likeness (QED) is 0.776. The van der Waals surface area contributed by atoms with Crippen molar-refractivity contribution in [3.63, 3.8) is 0 Å². The Hall–Kier alpha value is -0.820. The maximum absolute atomic E-state index is 3.56. The fourth-order valence-electron chi connectivity index (χ4n) is 3.49. The molecule has 1 fully saturated rings. The van der Waals surface area contributed by atoms with Crippen LogP contribution in [0, 0.1) is 5.92 Å². The number of benzene rings is 1. The highest BCUT2D eigenvalue weighted by atomic mass is 14.9. The smallest absolute Gasteiger partial charge is 0.0346 e. The largest absolute Gasteiger partial charge is 0.313 e. The maximum atomic E-state index is 3.56. The molecule has 0 spiro atoms. The molecule has 0 bridgehead atoms. The molecular formula is C19H31N. The van der Waals surface area contributed by atoms with Crippen LogP contribution in [-0.4, -0.2) is 7.05 Å². The van der Waals surface area contributed by atoms with Crippen molar-refractivity contribution < 1.29 is 0 Å². The van der Waals surface area contributed by atoms with E-state index in [1.165, 1.54) is 49.7 Å². The van der Waals surface area contributed by atoms with Gasteiger partial charge in [-0.05, 0) is 48.8 Å². The normalized spacial score (nSPS) is 19.0.